The van der Waals surface area contributed by atoms with E-state index in [0.29, 0.717) is 43.9 Å². The molecule has 0 radical (unpaired) electrons. The molecular weight excluding hydrogens is 454 g/mol. The van der Waals surface area contributed by atoms with Crippen molar-refractivity contribution in [1.82, 2.24) is 14.5 Å². The van der Waals surface area contributed by atoms with Crippen molar-refractivity contribution in [3.63, 3.8) is 0 Å². The van der Waals surface area contributed by atoms with Gasteiger partial charge in [-0.3, -0.25) is 14.2 Å². The van der Waals surface area contributed by atoms with E-state index >= 15 is 0 Å². The molecule has 8 heteroatoms. The number of ether oxygens (including phenoxy) is 1. The number of rotatable bonds is 6. The lowest BCUT2D eigenvalue weighted by Gasteiger charge is -2.26. The second kappa shape index (κ2) is 9.99. The van der Waals surface area contributed by atoms with Crippen LogP contribution >= 0.6 is 23.1 Å². The summed E-state index contributed by atoms with van der Waals surface area (Å²) in [5.74, 6) is 1.00. The highest BCUT2D eigenvalue weighted by Crippen LogP contribution is 2.36. The lowest BCUT2D eigenvalue weighted by Crippen LogP contribution is -2.41. The van der Waals surface area contributed by atoms with Crippen molar-refractivity contribution < 1.29 is 9.53 Å². The molecule has 1 aliphatic heterocycles. The van der Waals surface area contributed by atoms with Crippen LogP contribution in [0.2, 0.25) is 0 Å². The molecule has 174 valence electrons. The molecule has 3 heterocycles. The van der Waals surface area contributed by atoms with Gasteiger partial charge < -0.3 is 9.64 Å². The number of morpholine rings is 1. The van der Waals surface area contributed by atoms with Gasteiger partial charge in [0.2, 0.25) is 5.91 Å². The second-order valence-electron chi connectivity index (χ2n) is 8.90. The van der Waals surface area contributed by atoms with E-state index in [9.17, 15) is 9.59 Å². The molecule has 0 N–H and O–H groups in total. The number of hydrogen-bond acceptors (Lipinski definition) is 6. The van der Waals surface area contributed by atoms with E-state index < -0.39 is 0 Å². The standard InChI is InChI=1S/C25H29N3O3S2/c1-17-7-8-19-20(15-17)33-23-22(19)24(30)28(10-9-18-5-3-2-4-6-18)25(26-23)32-16-21(29)27-11-13-31-14-12-27/h2-6,17H,7-16H2,1H3/t17-/m0/s1. The van der Waals surface area contributed by atoms with Gasteiger partial charge in [0, 0.05) is 24.5 Å². The Bertz CT molecular complexity index is 1200. The van der Waals surface area contributed by atoms with Gasteiger partial charge in [0.25, 0.3) is 5.56 Å². The summed E-state index contributed by atoms with van der Waals surface area (Å²) in [6.07, 6.45) is 3.85. The molecule has 2 aliphatic rings. The lowest BCUT2D eigenvalue weighted by molar-refractivity contribution is -0.132. The maximum Gasteiger partial charge on any atom is 0.263 e. The Morgan fingerprint density at radius 2 is 2.03 bits per heavy atom. The minimum atomic E-state index is 0.0457. The van der Waals surface area contributed by atoms with Gasteiger partial charge in [0.1, 0.15) is 4.83 Å². The summed E-state index contributed by atoms with van der Waals surface area (Å²) in [6.45, 7) is 5.26. The molecule has 2 aromatic heterocycles. The third-order valence-corrected chi connectivity index (χ3v) is 8.65. The maximum absolute atomic E-state index is 13.7. The molecule has 0 unspecified atom stereocenters. The zero-order valence-corrected chi connectivity index (χ0v) is 20.6. The number of aromatic nitrogens is 2. The van der Waals surface area contributed by atoms with Crippen molar-refractivity contribution in [2.24, 2.45) is 5.92 Å². The highest BCUT2D eigenvalue weighted by atomic mass is 32.2. The first-order valence-corrected chi connectivity index (χ1v) is 13.5. The Hall–Kier alpha value is -2.16. The summed E-state index contributed by atoms with van der Waals surface area (Å²) in [6, 6.07) is 10.2. The molecule has 1 aliphatic carbocycles. The van der Waals surface area contributed by atoms with E-state index in [-0.39, 0.29) is 17.2 Å². The summed E-state index contributed by atoms with van der Waals surface area (Å²) >= 11 is 3.05. The molecule has 1 saturated heterocycles. The lowest BCUT2D eigenvalue weighted by atomic mass is 9.89. The number of hydrogen-bond donors (Lipinski definition) is 0. The minimum Gasteiger partial charge on any atom is -0.378 e. The fourth-order valence-electron chi connectivity index (χ4n) is 4.63. The molecule has 5 rings (SSSR count). The third kappa shape index (κ3) is 4.88. The Kier molecular flexibility index (Phi) is 6.85. The van der Waals surface area contributed by atoms with E-state index in [2.05, 4.69) is 19.1 Å². The number of nitrogens with zero attached hydrogens (tertiary/aromatic N) is 3. The molecule has 0 saturated carbocycles. The quantitative estimate of drug-likeness (QED) is 0.394. The van der Waals surface area contributed by atoms with Gasteiger partial charge in [-0.1, -0.05) is 49.0 Å². The number of carbonyl (C=O) groups excluding carboxylic acids is 1. The number of fused-ring (bicyclic) bond motifs is 3. The monoisotopic (exact) mass is 483 g/mol. The summed E-state index contributed by atoms with van der Waals surface area (Å²) in [4.78, 5) is 35.4. The van der Waals surface area contributed by atoms with Crippen LogP contribution in [0.15, 0.2) is 40.3 Å². The largest absolute Gasteiger partial charge is 0.378 e. The van der Waals surface area contributed by atoms with Crippen LogP contribution < -0.4 is 5.56 Å². The first-order chi connectivity index (χ1) is 16.1. The van der Waals surface area contributed by atoms with E-state index in [0.717, 1.165) is 35.9 Å². The Labute approximate surface area is 202 Å². The first-order valence-electron chi connectivity index (χ1n) is 11.7. The van der Waals surface area contributed by atoms with Crippen LogP contribution in [0.1, 0.15) is 29.3 Å². The van der Waals surface area contributed by atoms with Crippen molar-refractivity contribution in [3.05, 3.63) is 56.7 Å². The number of amides is 1. The number of thiophene rings is 1. The first kappa shape index (κ1) is 22.6. The topological polar surface area (TPSA) is 64.4 Å². The number of aryl methyl sites for hydroxylation is 2. The van der Waals surface area contributed by atoms with Crippen LogP contribution in [0.4, 0.5) is 0 Å². The third-order valence-electron chi connectivity index (χ3n) is 6.54. The number of benzene rings is 1. The molecule has 1 fully saturated rings. The van der Waals surface area contributed by atoms with Crippen molar-refractivity contribution >= 4 is 39.2 Å². The van der Waals surface area contributed by atoms with Crippen molar-refractivity contribution in [1.29, 1.82) is 0 Å². The van der Waals surface area contributed by atoms with Crippen LogP contribution in [0.25, 0.3) is 10.2 Å². The summed E-state index contributed by atoms with van der Waals surface area (Å²) in [5.41, 5.74) is 2.44. The second-order valence-corrected chi connectivity index (χ2v) is 10.9. The maximum atomic E-state index is 13.7. The van der Waals surface area contributed by atoms with E-state index in [1.165, 1.54) is 27.8 Å². The van der Waals surface area contributed by atoms with Gasteiger partial charge in [0.05, 0.1) is 24.4 Å². The Morgan fingerprint density at radius 1 is 1.24 bits per heavy atom. The molecule has 1 atom stereocenters. The fourth-order valence-corrected chi connectivity index (χ4v) is 6.98. The highest BCUT2D eigenvalue weighted by molar-refractivity contribution is 7.99. The van der Waals surface area contributed by atoms with Crippen LogP contribution in [-0.2, 0) is 35.3 Å². The van der Waals surface area contributed by atoms with E-state index in [4.69, 9.17) is 9.72 Å². The zero-order valence-electron chi connectivity index (χ0n) is 18.9. The average molecular weight is 484 g/mol. The van der Waals surface area contributed by atoms with Gasteiger partial charge in [-0.2, -0.15) is 0 Å². The average Bonchev–Trinajstić information content (AvgIpc) is 3.20. The van der Waals surface area contributed by atoms with Crippen molar-refractivity contribution in [3.8, 4) is 0 Å². The number of carbonyl (C=O) groups is 1. The van der Waals surface area contributed by atoms with Gasteiger partial charge in [0.15, 0.2) is 5.16 Å². The van der Waals surface area contributed by atoms with E-state index in [1.54, 1.807) is 15.9 Å². The molecule has 1 aromatic carbocycles. The molecular formula is C25H29N3O3S2. The molecule has 1 amide bonds. The normalized spacial score (nSPS) is 18.5. The van der Waals surface area contributed by atoms with Crippen molar-refractivity contribution in [2.45, 2.75) is 44.3 Å². The molecule has 0 spiro atoms. The van der Waals surface area contributed by atoms with E-state index in [1.807, 2.05) is 23.1 Å². The van der Waals surface area contributed by atoms with Crippen LogP contribution in [-0.4, -0.2) is 52.4 Å². The highest BCUT2D eigenvalue weighted by Gasteiger charge is 2.25. The fraction of sp³-hybridized carbons (Fsp3) is 0.480. The van der Waals surface area contributed by atoms with Gasteiger partial charge >= 0.3 is 0 Å². The van der Waals surface area contributed by atoms with Crippen molar-refractivity contribution in [2.75, 3.05) is 32.1 Å². The van der Waals surface area contributed by atoms with Crippen LogP contribution in [0, 0.1) is 5.92 Å². The van der Waals surface area contributed by atoms with Crippen LogP contribution in [0.3, 0.4) is 0 Å². The molecule has 6 nitrogen and oxygen atoms in total. The Morgan fingerprint density at radius 3 is 2.82 bits per heavy atom. The molecule has 3 aromatic rings. The van der Waals surface area contributed by atoms with Gasteiger partial charge in [-0.15, -0.1) is 11.3 Å². The summed E-state index contributed by atoms with van der Waals surface area (Å²) in [5, 5.41) is 1.45. The smallest absolute Gasteiger partial charge is 0.263 e. The van der Waals surface area contributed by atoms with Crippen LogP contribution in [0.5, 0.6) is 0 Å². The van der Waals surface area contributed by atoms with Gasteiger partial charge in [-0.05, 0) is 42.7 Å². The summed E-state index contributed by atoms with van der Waals surface area (Å²) in [7, 11) is 0. The zero-order chi connectivity index (χ0) is 22.8. The SMILES string of the molecule is C[C@H]1CCc2c(sc3nc(SCC(=O)N4CCOCC4)n(CCc4ccccc4)c(=O)c23)C1. The Balaban J connectivity index is 1.47. The van der Waals surface area contributed by atoms with Gasteiger partial charge in [-0.25, -0.2) is 4.98 Å². The predicted molar refractivity (Wildman–Crippen MR) is 133 cm³/mol. The summed E-state index contributed by atoms with van der Waals surface area (Å²) < 4.78 is 7.16. The predicted octanol–water partition coefficient (Wildman–Crippen LogP) is 3.78. The minimum absolute atomic E-state index is 0.0457. The molecule has 33 heavy (non-hydrogen) atoms. The molecule has 0 bridgehead atoms. The number of thioether (sulfide) groups is 1.